The standard InChI is InChI=1S/C21H19FN2O3S/c22-17-5-1-2-6-18(17)23-21(25)14-24(13-16-4-3-11-28-16)15-7-8-19-20(12-15)27-10-9-26-19/h1-8,11-12H,9-10,13-14H2,(H,23,25). The molecule has 0 unspecified atom stereocenters. The molecule has 0 atom stereocenters. The second-order valence-electron chi connectivity index (χ2n) is 6.29. The lowest BCUT2D eigenvalue weighted by Gasteiger charge is -2.26. The molecule has 1 aromatic heterocycles. The zero-order valence-corrected chi connectivity index (χ0v) is 15.9. The molecule has 1 aliphatic rings. The lowest BCUT2D eigenvalue weighted by atomic mass is 10.2. The Bertz CT molecular complexity index is 962. The first kappa shape index (κ1) is 18.3. The van der Waals surface area contributed by atoms with Gasteiger partial charge in [0, 0.05) is 16.6 Å². The van der Waals surface area contributed by atoms with Crippen LogP contribution >= 0.6 is 11.3 Å². The van der Waals surface area contributed by atoms with Gasteiger partial charge in [0.15, 0.2) is 11.5 Å². The Morgan fingerprint density at radius 2 is 1.89 bits per heavy atom. The molecule has 144 valence electrons. The maximum atomic E-state index is 13.8. The Hall–Kier alpha value is -3.06. The average Bonchev–Trinajstić information content (AvgIpc) is 3.22. The zero-order chi connectivity index (χ0) is 19.3. The van der Waals surface area contributed by atoms with Gasteiger partial charge in [-0.05, 0) is 35.7 Å². The summed E-state index contributed by atoms with van der Waals surface area (Å²) >= 11 is 1.62. The molecule has 0 saturated carbocycles. The van der Waals surface area contributed by atoms with E-state index < -0.39 is 5.82 Å². The van der Waals surface area contributed by atoms with E-state index in [2.05, 4.69) is 5.32 Å². The molecule has 1 amide bonds. The maximum Gasteiger partial charge on any atom is 0.243 e. The van der Waals surface area contributed by atoms with Gasteiger partial charge in [-0.2, -0.15) is 0 Å². The molecular weight excluding hydrogens is 379 g/mol. The van der Waals surface area contributed by atoms with E-state index in [1.54, 1.807) is 29.5 Å². The van der Waals surface area contributed by atoms with Crippen molar-refractivity contribution in [1.29, 1.82) is 0 Å². The molecular formula is C21H19FN2O3S. The van der Waals surface area contributed by atoms with Crippen molar-refractivity contribution in [3.8, 4) is 11.5 Å². The monoisotopic (exact) mass is 398 g/mol. The van der Waals surface area contributed by atoms with Crippen LogP contribution in [0.4, 0.5) is 15.8 Å². The molecule has 0 saturated heterocycles. The number of para-hydroxylation sites is 1. The highest BCUT2D eigenvalue weighted by Crippen LogP contribution is 2.34. The number of rotatable bonds is 6. The molecule has 2 heterocycles. The van der Waals surface area contributed by atoms with Gasteiger partial charge in [-0.25, -0.2) is 4.39 Å². The Morgan fingerprint density at radius 3 is 2.68 bits per heavy atom. The van der Waals surface area contributed by atoms with E-state index in [0.717, 1.165) is 10.6 Å². The van der Waals surface area contributed by atoms with Crippen molar-refractivity contribution < 1.29 is 18.7 Å². The van der Waals surface area contributed by atoms with Crippen molar-refractivity contribution in [2.75, 3.05) is 30.0 Å². The highest BCUT2D eigenvalue weighted by molar-refractivity contribution is 7.09. The third kappa shape index (κ3) is 4.26. The highest BCUT2D eigenvalue weighted by atomic mass is 32.1. The Kier molecular flexibility index (Phi) is 5.43. The number of hydrogen-bond acceptors (Lipinski definition) is 5. The van der Waals surface area contributed by atoms with Gasteiger partial charge >= 0.3 is 0 Å². The van der Waals surface area contributed by atoms with E-state index in [1.807, 2.05) is 40.6 Å². The van der Waals surface area contributed by atoms with Gasteiger partial charge in [-0.1, -0.05) is 18.2 Å². The molecule has 5 nitrogen and oxygen atoms in total. The van der Waals surface area contributed by atoms with Crippen molar-refractivity contribution in [1.82, 2.24) is 0 Å². The molecule has 0 spiro atoms. The summed E-state index contributed by atoms with van der Waals surface area (Å²) in [6.45, 7) is 1.65. The Morgan fingerprint density at radius 1 is 1.07 bits per heavy atom. The molecule has 4 rings (SSSR count). The van der Waals surface area contributed by atoms with Crippen LogP contribution in [-0.2, 0) is 11.3 Å². The van der Waals surface area contributed by atoms with Crippen LogP contribution in [0.2, 0.25) is 0 Å². The Balaban J connectivity index is 1.55. The van der Waals surface area contributed by atoms with E-state index >= 15 is 0 Å². The van der Waals surface area contributed by atoms with Crippen molar-refractivity contribution in [2.45, 2.75) is 6.54 Å². The number of fused-ring (bicyclic) bond motifs is 1. The fourth-order valence-corrected chi connectivity index (χ4v) is 3.70. The van der Waals surface area contributed by atoms with E-state index in [0.29, 0.717) is 31.3 Å². The average molecular weight is 398 g/mol. The fourth-order valence-electron chi connectivity index (χ4n) is 2.98. The summed E-state index contributed by atoms with van der Waals surface area (Å²) in [6, 6.07) is 15.7. The van der Waals surface area contributed by atoms with Gasteiger partial charge in [-0.3, -0.25) is 4.79 Å². The van der Waals surface area contributed by atoms with E-state index in [1.165, 1.54) is 6.07 Å². The van der Waals surface area contributed by atoms with E-state index in [4.69, 9.17) is 9.47 Å². The summed E-state index contributed by atoms with van der Waals surface area (Å²) in [5.74, 6) is 0.604. The largest absolute Gasteiger partial charge is 0.486 e. The molecule has 3 aromatic rings. The number of carbonyl (C=O) groups excluding carboxylic acids is 1. The predicted octanol–water partition coefficient (Wildman–Crippen LogP) is 4.30. The van der Waals surface area contributed by atoms with Gasteiger partial charge in [0.1, 0.15) is 19.0 Å². The lowest BCUT2D eigenvalue weighted by Crippen LogP contribution is -2.33. The molecule has 0 bridgehead atoms. The number of amides is 1. The second kappa shape index (κ2) is 8.31. The molecule has 0 aliphatic carbocycles. The molecule has 1 N–H and O–H groups in total. The van der Waals surface area contributed by atoms with Crippen LogP contribution in [0.3, 0.4) is 0 Å². The van der Waals surface area contributed by atoms with Crippen molar-refractivity contribution >= 4 is 28.6 Å². The third-order valence-electron chi connectivity index (χ3n) is 4.30. The first-order valence-electron chi connectivity index (χ1n) is 8.90. The summed E-state index contributed by atoms with van der Waals surface area (Å²) in [4.78, 5) is 15.6. The van der Waals surface area contributed by atoms with Crippen LogP contribution in [0.15, 0.2) is 60.0 Å². The number of anilines is 2. The quantitative estimate of drug-likeness (QED) is 0.673. The minimum Gasteiger partial charge on any atom is -0.486 e. The minimum absolute atomic E-state index is 0.0753. The number of ether oxygens (including phenoxy) is 2. The number of thiophene rings is 1. The number of halogens is 1. The summed E-state index contributed by atoms with van der Waals surface area (Å²) < 4.78 is 25.1. The van der Waals surface area contributed by atoms with Gasteiger partial charge in [0.05, 0.1) is 18.8 Å². The normalized spacial score (nSPS) is 12.5. The second-order valence-corrected chi connectivity index (χ2v) is 7.32. The highest BCUT2D eigenvalue weighted by Gasteiger charge is 2.18. The summed E-state index contributed by atoms with van der Waals surface area (Å²) in [6.07, 6.45) is 0. The zero-order valence-electron chi connectivity index (χ0n) is 15.1. The maximum absolute atomic E-state index is 13.8. The SMILES string of the molecule is O=C(CN(Cc1cccs1)c1ccc2c(c1)OCCO2)Nc1ccccc1F. The van der Waals surface area contributed by atoms with E-state index in [9.17, 15) is 9.18 Å². The van der Waals surface area contributed by atoms with Crippen LogP contribution < -0.4 is 19.7 Å². The topological polar surface area (TPSA) is 50.8 Å². The van der Waals surface area contributed by atoms with Crippen LogP contribution in [-0.4, -0.2) is 25.7 Å². The molecule has 0 radical (unpaired) electrons. The lowest BCUT2D eigenvalue weighted by molar-refractivity contribution is -0.115. The molecule has 2 aromatic carbocycles. The number of benzene rings is 2. The first-order chi connectivity index (χ1) is 13.7. The first-order valence-corrected chi connectivity index (χ1v) is 9.78. The molecule has 7 heteroatoms. The predicted molar refractivity (Wildman–Crippen MR) is 108 cm³/mol. The summed E-state index contributed by atoms with van der Waals surface area (Å²) in [5.41, 5.74) is 1.01. The van der Waals surface area contributed by atoms with Crippen LogP contribution in [0, 0.1) is 5.82 Å². The summed E-state index contributed by atoms with van der Waals surface area (Å²) in [7, 11) is 0. The number of carbonyl (C=O) groups is 1. The molecule has 0 fully saturated rings. The minimum atomic E-state index is -0.458. The van der Waals surface area contributed by atoms with Crippen LogP contribution in [0.5, 0.6) is 11.5 Å². The summed E-state index contributed by atoms with van der Waals surface area (Å²) in [5, 5.41) is 4.64. The number of nitrogens with zero attached hydrogens (tertiary/aromatic N) is 1. The van der Waals surface area contributed by atoms with Gasteiger partial charge < -0.3 is 19.7 Å². The Labute approximate surface area is 166 Å². The van der Waals surface area contributed by atoms with Crippen molar-refractivity contribution in [2.24, 2.45) is 0 Å². The fraction of sp³-hybridized carbons (Fsp3) is 0.190. The number of hydrogen-bond donors (Lipinski definition) is 1. The molecule has 1 aliphatic heterocycles. The smallest absolute Gasteiger partial charge is 0.243 e. The van der Waals surface area contributed by atoms with Gasteiger partial charge in [-0.15, -0.1) is 11.3 Å². The van der Waals surface area contributed by atoms with Crippen LogP contribution in [0.25, 0.3) is 0 Å². The molecule has 28 heavy (non-hydrogen) atoms. The van der Waals surface area contributed by atoms with Gasteiger partial charge in [0.25, 0.3) is 0 Å². The van der Waals surface area contributed by atoms with Crippen molar-refractivity contribution in [3.63, 3.8) is 0 Å². The van der Waals surface area contributed by atoms with Crippen LogP contribution in [0.1, 0.15) is 4.88 Å². The van der Waals surface area contributed by atoms with E-state index in [-0.39, 0.29) is 18.1 Å². The number of nitrogens with one attached hydrogen (secondary N) is 1. The third-order valence-corrected chi connectivity index (χ3v) is 5.16. The van der Waals surface area contributed by atoms with Crippen molar-refractivity contribution in [3.05, 3.63) is 70.7 Å². The van der Waals surface area contributed by atoms with Gasteiger partial charge in [0.2, 0.25) is 5.91 Å².